The molecular formula is C14H16N2O4. The summed E-state index contributed by atoms with van der Waals surface area (Å²) < 4.78 is 6.26. The lowest BCUT2D eigenvalue weighted by Crippen LogP contribution is -2.32. The highest BCUT2D eigenvalue weighted by molar-refractivity contribution is 5.67. The third kappa shape index (κ3) is 2.80. The minimum atomic E-state index is -0.646. The van der Waals surface area contributed by atoms with Crippen LogP contribution in [0.2, 0.25) is 0 Å². The van der Waals surface area contributed by atoms with Gasteiger partial charge in [0, 0.05) is 6.61 Å². The second-order valence-corrected chi connectivity index (χ2v) is 4.17. The molecule has 0 aliphatic carbocycles. The highest BCUT2D eigenvalue weighted by atomic mass is 16.5. The Morgan fingerprint density at radius 1 is 1.25 bits per heavy atom. The van der Waals surface area contributed by atoms with Gasteiger partial charge in [-0.25, -0.2) is 4.79 Å². The fraction of sp³-hybridized carbons (Fsp3) is 0.286. The summed E-state index contributed by atoms with van der Waals surface area (Å²) in [5.41, 5.74) is -0.614. The molecule has 0 aliphatic heterocycles. The van der Waals surface area contributed by atoms with Gasteiger partial charge in [0.15, 0.2) is 0 Å². The second-order valence-electron chi connectivity index (χ2n) is 4.17. The predicted octanol–water partition coefficient (Wildman–Crippen LogP) is 0.946. The minimum Gasteiger partial charge on any atom is -0.494 e. The van der Waals surface area contributed by atoms with Crippen LogP contribution in [0.4, 0.5) is 0 Å². The average Bonchev–Trinajstić information content (AvgIpc) is 2.43. The highest BCUT2D eigenvalue weighted by Gasteiger charge is 2.15. The molecule has 6 heteroatoms. The Labute approximate surface area is 115 Å². The number of aromatic amines is 1. The fourth-order valence-corrected chi connectivity index (χ4v) is 1.93. The van der Waals surface area contributed by atoms with Gasteiger partial charge >= 0.3 is 5.69 Å². The molecule has 0 atom stereocenters. The van der Waals surface area contributed by atoms with E-state index < -0.39 is 11.2 Å². The van der Waals surface area contributed by atoms with Crippen LogP contribution in [0.1, 0.15) is 6.92 Å². The van der Waals surface area contributed by atoms with E-state index in [4.69, 9.17) is 4.74 Å². The molecule has 0 fully saturated rings. The molecule has 0 radical (unpaired) electrons. The van der Waals surface area contributed by atoms with Crippen LogP contribution in [0.25, 0.3) is 11.1 Å². The van der Waals surface area contributed by atoms with Gasteiger partial charge in [0.25, 0.3) is 5.56 Å². The molecule has 1 aromatic heterocycles. The number of hydrogen-bond donors (Lipinski definition) is 2. The number of aromatic hydroxyl groups is 1. The van der Waals surface area contributed by atoms with Gasteiger partial charge < -0.3 is 9.84 Å². The van der Waals surface area contributed by atoms with Gasteiger partial charge in [-0.2, -0.15) is 0 Å². The molecule has 106 valence electrons. The smallest absolute Gasteiger partial charge is 0.331 e. The van der Waals surface area contributed by atoms with Gasteiger partial charge in [-0.05, 0) is 12.5 Å². The van der Waals surface area contributed by atoms with E-state index in [0.29, 0.717) is 12.2 Å². The first kappa shape index (κ1) is 14.1. The molecule has 0 saturated heterocycles. The molecule has 1 aromatic carbocycles. The van der Waals surface area contributed by atoms with Gasteiger partial charge in [0.05, 0.1) is 13.2 Å². The van der Waals surface area contributed by atoms with Crippen molar-refractivity contribution in [2.75, 3.05) is 13.2 Å². The summed E-state index contributed by atoms with van der Waals surface area (Å²) in [7, 11) is 0. The maximum Gasteiger partial charge on any atom is 0.331 e. The first-order valence-electron chi connectivity index (χ1n) is 6.34. The van der Waals surface area contributed by atoms with Crippen LogP contribution in [0.5, 0.6) is 5.88 Å². The molecular weight excluding hydrogens is 260 g/mol. The molecule has 0 amide bonds. The number of aromatic nitrogens is 2. The molecule has 20 heavy (non-hydrogen) atoms. The van der Waals surface area contributed by atoms with Gasteiger partial charge in [0.1, 0.15) is 5.56 Å². The Morgan fingerprint density at radius 2 is 1.95 bits per heavy atom. The van der Waals surface area contributed by atoms with Crippen molar-refractivity contribution in [1.29, 1.82) is 0 Å². The first-order chi connectivity index (χ1) is 9.65. The van der Waals surface area contributed by atoms with Crippen molar-refractivity contribution in [3.63, 3.8) is 0 Å². The van der Waals surface area contributed by atoms with E-state index in [1.807, 2.05) is 6.92 Å². The number of ether oxygens (including phenoxy) is 1. The summed E-state index contributed by atoms with van der Waals surface area (Å²) >= 11 is 0. The van der Waals surface area contributed by atoms with Crippen molar-refractivity contribution in [3.8, 4) is 17.0 Å². The Hall–Kier alpha value is -2.34. The van der Waals surface area contributed by atoms with E-state index in [2.05, 4.69) is 4.98 Å². The van der Waals surface area contributed by atoms with Crippen molar-refractivity contribution in [1.82, 2.24) is 9.55 Å². The fourth-order valence-electron chi connectivity index (χ4n) is 1.93. The normalized spacial score (nSPS) is 10.7. The van der Waals surface area contributed by atoms with Gasteiger partial charge in [0.2, 0.25) is 5.88 Å². The van der Waals surface area contributed by atoms with Gasteiger partial charge in [-0.1, -0.05) is 30.3 Å². The summed E-state index contributed by atoms with van der Waals surface area (Å²) in [6, 6.07) is 8.71. The maximum absolute atomic E-state index is 11.9. The third-order valence-corrected chi connectivity index (χ3v) is 2.90. The van der Waals surface area contributed by atoms with Gasteiger partial charge in [-0.15, -0.1) is 0 Å². The zero-order valence-corrected chi connectivity index (χ0v) is 11.1. The lowest BCUT2D eigenvalue weighted by Gasteiger charge is -2.11. The molecule has 0 unspecified atom stereocenters. The molecule has 2 N–H and O–H groups in total. The Kier molecular flexibility index (Phi) is 4.37. The minimum absolute atomic E-state index is 0.0849. The van der Waals surface area contributed by atoms with E-state index in [1.54, 1.807) is 30.3 Å². The largest absolute Gasteiger partial charge is 0.494 e. The average molecular weight is 276 g/mol. The molecule has 6 nitrogen and oxygen atoms in total. The summed E-state index contributed by atoms with van der Waals surface area (Å²) in [5, 5.41) is 10.2. The van der Waals surface area contributed by atoms with E-state index in [-0.39, 0.29) is 24.6 Å². The predicted molar refractivity (Wildman–Crippen MR) is 74.9 cm³/mol. The third-order valence-electron chi connectivity index (χ3n) is 2.90. The Balaban J connectivity index is 2.51. The lowest BCUT2D eigenvalue weighted by atomic mass is 10.1. The molecule has 0 saturated carbocycles. The van der Waals surface area contributed by atoms with E-state index in [1.165, 1.54) is 0 Å². The standard InChI is InChI=1S/C14H16N2O4/c1-2-20-9-8-16-13(18)11(12(17)15-14(16)19)10-6-4-3-5-7-10/h3-7,18H,2,8-9H2,1H3,(H,15,17,19). The number of nitrogens with zero attached hydrogens (tertiary/aromatic N) is 1. The van der Waals surface area contributed by atoms with Crippen LogP contribution >= 0.6 is 0 Å². The quantitative estimate of drug-likeness (QED) is 0.796. The van der Waals surface area contributed by atoms with Gasteiger partial charge in [-0.3, -0.25) is 14.3 Å². The van der Waals surface area contributed by atoms with Crippen LogP contribution in [-0.4, -0.2) is 27.9 Å². The molecule has 2 aromatic rings. The van der Waals surface area contributed by atoms with Crippen LogP contribution < -0.4 is 11.2 Å². The number of H-pyrrole nitrogens is 1. The van der Waals surface area contributed by atoms with Crippen molar-refractivity contribution in [3.05, 3.63) is 51.2 Å². The van der Waals surface area contributed by atoms with Crippen LogP contribution in [0, 0.1) is 0 Å². The van der Waals surface area contributed by atoms with E-state index in [0.717, 1.165) is 4.57 Å². The summed E-state index contributed by atoms with van der Waals surface area (Å²) in [4.78, 5) is 25.8. The SMILES string of the molecule is CCOCCn1c(O)c(-c2ccccc2)c(=O)[nH]c1=O. The van der Waals surface area contributed by atoms with Crippen LogP contribution in [-0.2, 0) is 11.3 Å². The number of hydrogen-bond acceptors (Lipinski definition) is 4. The Bertz CT molecular complexity index is 689. The number of benzene rings is 1. The van der Waals surface area contributed by atoms with Crippen LogP contribution in [0.15, 0.2) is 39.9 Å². The molecule has 0 aliphatic rings. The monoisotopic (exact) mass is 276 g/mol. The van der Waals surface area contributed by atoms with Crippen molar-refractivity contribution in [2.45, 2.75) is 13.5 Å². The summed E-state index contributed by atoms with van der Waals surface area (Å²) in [6.45, 7) is 2.81. The number of rotatable bonds is 5. The van der Waals surface area contributed by atoms with Crippen molar-refractivity contribution < 1.29 is 9.84 Å². The Morgan fingerprint density at radius 3 is 2.60 bits per heavy atom. The second kappa shape index (κ2) is 6.21. The van der Waals surface area contributed by atoms with Crippen LogP contribution in [0.3, 0.4) is 0 Å². The summed E-state index contributed by atoms with van der Waals surface area (Å²) in [5.74, 6) is -0.343. The topological polar surface area (TPSA) is 84.3 Å². The van der Waals surface area contributed by atoms with E-state index >= 15 is 0 Å². The molecule has 0 bridgehead atoms. The summed E-state index contributed by atoms with van der Waals surface area (Å²) in [6.07, 6.45) is 0. The zero-order valence-electron chi connectivity index (χ0n) is 11.1. The lowest BCUT2D eigenvalue weighted by molar-refractivity contribution is 0.135. The number of nitrogens with one attached hydrogen (secondary N) is 1. The highest BCUT2D eigenvalue weighted by Crippen LogP contribution is 2.23. The van der Waals surface area contributed by atoms with E-state index in [9.17, 15) is 14.7 Å². The zero-order chi connectivity index (χ0) is 14.5. The maximum atomic E-state index is 11.9. The van der Waals surface area contributed by atoms with Crippen molar-refractivity contribution >= 4 is 0 Å². The molecule has 2 rings (SSSR count). The molecule has 1 heterocycles. The molecule has 0 spiro atoms. The first-order valence-corrected chi connectivity index (χ1v) is 6.34. The van der Waals surface area contributed by atoms with Crippen molar-refractivity contribution in [2.24, 2.45) is 0 Å².